The lowest BCUT2D eigenvalue weighted by molar-refractivity contribution is -0.0140. The molecule has 7 heteroatoms. The number of fused-ring (bicyclic) bond motifs is 1. The Morgan fingerprint density at radius 1 is 1.34 bits per heavy atom. The predicted molar refractivity (Wildman–Crippen MR) is 109 cm³/mol. The molecule has 3 heterocycles. The second kappa shape index (κ2) is 8.23. The number of pyridine rings is 1. The number of rotatable bonds is 5. The molecule has 0 bridgehead atoms. The van der Waals surface area contributed by atoms with Crippen LogP contribution < -0.4 is 10.1 Å². The van der Waals surface area contributed by atoms with Crippen molar-refractivity contribution < 1.29 is 19.4 Å². The number of carbonyl (C=O) groups is 1. The number of aliphatic hydroxyl groups is 1. The summed E-state index contributed by atoms with van der Waals surface area (Å²) in [5, 5.41) is 14.0. The molecule has 29 heavy (non-hydrogen) atoms. The fourth-order valence-electron chi connectivity index (χ4n) is 3.63. The molecule has 3 aromatic rings. The molecule has 2 aromatic heterocycles. The summed E-state index contributed by atoms with van der Waals surface area (Å²) in [6.07, 6.45) is 2.51. The van der Waals surface area contributed by atoms with Gasteiger partial charge in [0, 0.05) is 25.2 Å². The van der Waals surface area contributed by atoms with E-state index < -0.39 is 12.1 Å². The quantitative estimate of drug-likeness (QED) is 0.691. The molecule has 152 valence electrons. The number of amides is 1. The van der Waals surface area contributed by atoms with E-state index in [0.29, 0.717) is 31.7 Å². The normalized spacial score (nSPS) is 19.3. The van der Waals surface area contributed by atoms with Crippen LogP contribution in [0.4, 0.5) is 0 Å². The highest BCUT2D eigenvalue weighted by molar-refractivity contribution is 5.95. The number of nitrogens with zero attached hydrogens (tertiary/aromatic N) is 2. The summed E-state index contributed by atoms with van der Waals surface area (Å²) in [6.45, 7) is 0.811. The molecule has 1 aliphatic heterocycles. The monoisotopic (exact) mass is 395 g/mol. The van der Waals surface area contributed by atoms with E-state index in [1.165, 1.54) is 0 Å². The number of hydrogen-bond acceptors (Lipinski definition) is 5. The molecule has 1 fully saturated rings. The van der Waals surface area contributed by atoms with Crippen LogP contribution >= 0.6 is 0 Å². The van der Waals surface area contributed by atoms with Crippen molar-refractivity contribution in [3.63, 3.8) is 0 Å². The van der Waals surface area contributed by atoms with Gasteiger partial charge in [-0.3, -0.25) is 4.79 Å². The lowest BCUT2D eigenvalue weighted by Crippen LogP contribution is -2.49. The van der Waals surface area contributed by atoms with E-state index in [1.807, 2.05) is 54.2 Å². The SMILES string of the molecule is COc1ccc(Cc2cc(C(=O)N[C@@H]3COCC[C@@H]3O)nc3c2ccn3C)cc1. The summed E-state index contributed by atoms with van der Waals surface area (Å²) >= 11 is 0. The molecule has 0 radical (unpaired) electrons. The minimum Gasteiger partial charge on any atom is -0.497 e. The number of nitrogens with one attached hydrogen (secondary N) is 1. The summed E-state index contributed by atoms with van der Waals surface area (Å²) in [5.41, 5.74) is 3.22. The molecule has 2 atom stereocenters. The first-order valence-electron chi connectivity index (χ1n) is 9.69. The Morgan fingerprint density at radius 3 is 2.86 bits per heavy atom. The molecule has 1 saturated heterocycles. The minimum absolute atomic E-state index is 0.304. The Labute approximate surface area is 169 Å². The van der Waals surface area contributed by atoms with E-state index in [1.54, 1.807) is 7.11 Å². The van der Waals surface area contributed by atoms with Crippen molar-refractivity contribution in [2.24, 2.45) is 7.05 Å². The lowest BCUT2D eigenvalue weighted by Gasteiger charge is -2.28. The van der Waals surface area contributed by atoms with E-state index in [4.69, 9.17) is 9.47 Å². The first kappa shape index (κ1) is 19.4. The summed E-state index contributed by atoms with van der Waals surface area (Å²) < 4.78 is 12.5. The van der Waals surface area contributed by atoms with Gasteiger partial charge in [0.25, 0.3) is 5.91 Å². The number of carbonyl (C=O) groups excluding carboxylic acids is 1. The van der Waals surface area contributed by atoms with Gasteiger partial charge in [-0.1, -0.05) is 12.1 Å². The van der Waals surface area contributed by atoms with Crippen molar-refractivity contribution in [1.29, 1.82) is 0 Å². The van der Waals surface area contributed by atoms with E-state index in [2.05, 4.69) is 10.3 Å². The molecular weight excluding hydrogens is 370 g/mol. The highest BCUT2D eigenvalue weighted by Crippen LogP contribution is 2.23. The summed E-state index contributed by atoms with van der Waals surface area (Å²) in [7, 11) is 3.55. The number of methoxy groups -OCH3 is 1. The van der Waals surface area contributed by atoms with Crippen molar-refractivity contribution in [2.45, 2.75) is 25.0 Å². The van der Waals surface area contributed by atoms with Gasteiger partial charge in [-0.15, -0.1) is 0 Å². The van der Waals surface area contributed by atoms with Crippen LogP contribution in [0.5, 0.6) is 5.75 Å². The molecular formula is C22H25N3O4. The largest absolute Gasteiger partial charge is 0.497 e. The van der Waals surface area contributed by atoms with Gasteiger partial charge in [-0.05, 0) is 48.2 Å². The topological polar surface area (TPSA) is 85.6 Å². The third kappa shape index (κ3) is 4.11. The van der Waals surface area contributed by atoms with E-state index in [0.717, 1.165) is 27.9 Å². The number of aromatic nitrogens is 2. The highest BCUT2D eigenvalue weighted by atomic mass is 16.5. The van der Waals surface area contributed by atoms with Crippen LogP contribution in [0.3, 0.4) is 0 Å². The van der Waals surface area contributed by atoms with Gasteiger partial charge in [-0.25, -0.2) is 4.98 Å². The number of aliphatic hydroxyl groups excluding tert-OH is 1. The molecule has 0 spiro atoms. The average Bonchev–Trinajstić information content (AvgIpc) is 3.11. The van der Waals surface area contributed by atoms with Crippen LogP contribution in [0.25, 0.3) is 11.0 Å². The van der Waals surface area contributed by atoms with Crippen molar-refractivity contribution >= 4 is 16.9 Å². The number of benzene rings is 1. The smallest absolute Gasteiger partial charge is 0.270 e. The molecule has 1 aromatic carbocycles. The van der Waals surface area contributed by atoms with E-state index in [9.17, 15) is 9.90 Å². The van der Waals surface area contributed by atoms with Gasteiger partial charge in [0.15, 0.2) is 0 Å². The number of hydrogen-bond donors (Lipinski definition) is 2. The predicted octanol–water partition coefficient (Wildman–Crippen LogP) is 2.05. The zero-order valence-electron chi connectivity index (χ0n) is 16.6. The Kier molecular flexibility index (Phi) is 5.51. The zero-order chi connectivity index (χ0) is 20.4. The van der Waals surface area contributed by atoms with Crippen LogP contribution in [-0.2, 0) is 18.2 Å². The van der Waals surface area contributed by atoms with Crippen molar-refractivity contribution in [2.75, 3.05) is 20.3 Å². The van der Waals surface area contributed by atoms with Crippen molar-refractivity contribution in [3.05, 3.63) is 59.4 Å². The standard InChI is InChI=1S/C22H25N3O4/c1-25-9-7-17-15(11-14-3-5-16(28-2)6-4-14)12-18(23-21(17)25)22(27)24-19-13-29-10-8-20(19)26/h3-7,9,12,19-20,26H,8,10-11,13H2,1-2H3,(H,24,27)/t19-,20+/m1/s1. The lowest BCUT2D eigenvalue weighted by atomic mass is 10.0. The van der Waals surface area contributed by atoms with Gasteiger partial charge >= 0.3 is 0 Å². The summed E-state index contributed by atoms with van der Waals surface area (Å²) in [4.78, 5) is 17.4. The Bertz CT molecular complexity index is 1010. The van der Waals surface area contributed by atoms with Crippen LogP contribution in [0, 0.1) is 0 Å². The van der Waals surface area contributed by atoms with Gasteiger partial charge in [-0.2, -0.15) is 0 Å². The maximum Gasteiger partial charge on any atom is 0.270 e. The molecule has 1 aliphatic rings. The van der Waals surface area contributed by atoms with Gasteiger partial charge in [0.05, 0.1) is 25.9 Å². The second-order valence-electron chi connectivity index (χ2n) is 7.37. The van der Waals surface area contributed by atoms with Crippen molar-refractivity contribution in [1.82, 2.24) is 14.9 Å². The molecule has 4 rings (SSSR count). The molecule has 0 saturated carbocycles. The maximum atomic E-state index is 12.9. The minimum atomic E-state index is -0.606. The van der Waals surface area contributed by atoms with Gasteiger partial charge in [0.2, 0.25) is 0 Å². The Morgan fingerprint density at radius 2 is 2.14 bits per heavy atom. The highest BCUT2D eigenvalue weighted by Gasteiger charge is 2.26. The van der Waals surface area contributed by atoms with E-state index in [-0.39, 0.29) is 5.91 Å². The van der Waals surface area contributed by atoms with Crippen LogP contribution in [0.2, 0.25) is 0 Å². The summed E-state index contributed by atoms with van der Waals surface area (Å²) in [6, 6.07) is 11.3. The van der Waals surface area contributed by atoms with Crippen molar-refractivity contribution in [3.8, 4) is 5.75 Å². The third-order valence-electron chi connectivity index (χ3n) is 5.35. The average molecular weight is 395 g/mol. The van der Waals surface area contributed by atoms with E-state index >= 15 is 0 Å². The molecule has 0 aliphatic carbocycles. The molecule has 7 nitrogen and oxygen atoms in total. The molecule has 0 unspecified atom stereocenters. The second-order valence-corrected chi connectivity index (χ2v) is 7.37. The first-order chi connectivity index (χ1) is 14.0. The Hall–Kier alpha value is -2.90. The van der Waals surface area contributed by atoms with Gasteiger partial charge < -0.3 is 24.5 Å². The maximum absolute atomic E-state index is 12.9. The summed E-state index contributed by atoms with van der Waals surface area (Å²) in [5.74, 6) is 0.500. The van der Waals surface area contributed by atoms with Crippen LogP contribution in [0.15, 0.2) is 42.6 Å². The fraction of sp³-hybridized carbons (Fsp3) is 0.364. The molecule has 2 N–H and O–H groups in total. The first-order valence-corrected chi connectivity index (χ1v) is 9.69. The molecule has 1 amide bonds. The fourth-order valence-corrected chi connectivity index (χ4v) is 3.63. The zero-order valence-corrected chi connectivity index (χ0v) is 16.6. The Balaban J connectivity index is 1.64. The van der Waals surface area contributed by atoms with Crippen LogP contribution in [-0.4, -0.2) is 53.0 Å². The number of ether oxygens (including phenoxy) is 2. The third-order valence-corrected chi connectivity index (χ3v) is 5.35. The van der Waals surface area contributed by atoms with Crippen LogP contribution in [0.1, 0.15) is 28.0 Å². The number of aryl methyl sites for hydroxylation is 1. The van der Waals surface area contributed by atoms with Gasteiger partial charge in [0.1, 0.15) is 17.1 Å².